The Morgan fingerprint density at radius 3 is 2.76 bits per heavy atom. The molecule has 0 fully saturated rings. The second-order valence-electron chi connectivity index (χ2n) is 4.74. The molecule has 2 nitrogen and oxygen atoms in total. The van der Waals surface area contributed by atoms with Gasteiger partial charge in [0.05, 0.1) is 0 Å². The zero-order chi connectivity index (χ0) is 12.4. The van der Waals surface area contributed by atoms with E-state index >= 15 is 0 Å². The van der Waals surface area contributed by atoms with Crippen molar-refractivity contribution in [2.24, 2.45) is 5.73 Å². The second-order valence-corrected chi connectivity index (χ2v) is 5.65. The quantitative estimate of drug-likeness (QED) is 0.844. The SMILES string of the molecule is CC1=CCN(c2cc(Br)ccc2C(C)N)CC1. The third-order valence-electron chi connectivity index (χ3n) is 3.26. The topological polar surface area (TPSA) is 29.3 Å². The van der Waals surface area contributed by atoms with Crippen molar-refractivity contribution in [2.45, 2.75) is 26.3 Å². The Morgan fingerprint density at radius 2 is 2.18 bits per heavy atom. The summed E-state index contributed by atoms with van der Waals surface area (Å²) >= 11 is 3.54. The largest absolute Gasteiger partial charge is 0.367 e. The van der Waals surface area contributed by atoms with E-state index in [1.165, 1.54) is 16.8 Å². The highest BCUT2D eigenvalue weighted by molar-refractivity contribution is 9.10. The summed E-state index contributed by atoms with van der Waals surface area (Å²) in [6, 6.07) is 6.43. The summed E-state index contributed by atoms with van der Waals surface area (Å²) in [6.45, 7) is 6.31. The molecule has 1 heterocycles. The van der Waals surface area contributed by atoms with Crippen LogP contribution in [-0.2, 0) is 0 Å². The maximum absolute atomic E-state index is 6.04. The molecule has 0 radical (unpaired) electrons. The van der Waals surface area contributed by atoms with E-state index in [1.54, 1.807) is 0 Å². The molecule has 1 aromatic carbocycles. The summed E-state index contributed by atoms with van der Waals surface area (Å²) in [4.78, 5) is 2.40. The molecule has 1 unspecified atom stereocenters. The lowest BCUT2D eigenvalue weighted by Crippen LogP contribution is -2.29. The smallest absolute Gasteiger partial charge is 0.0428 e. The van der Waals surface area contributed by atoms with Gasteiger partial charge in [0.1, 0.15) is 0 Å². The molecule has 0 spiro atoms. The van der Waals surface area contributed by atoms with Gasteiger partial charge in [-0.3, -0.25) is 0 Å². The fourth-order valence-electron chi connectivity index (χ4n) is 2.17. The van der Waals surface area contributed by atoms with Crippen LogP contribution in [0.1, 0.15) is 31.9 Å². The van der Waals surface area contributed by atoms with Crippen LogP contribution in [0.15, 0.2) is 34.3 Å². The first kappa shape index (κ1) is 12.7. The number of halogens is 1. The van der Waals surface area contributed by atoms with Crippen molar-refractivity contribution in [3.63, 3.8) is 0 Å². The number of nitrogens with zero attached hydrogens (tertiary/aromatic N) is 1. The molecule has 2 rings (SSSR count). The minimum atomic E-state index is 0.0742. The molecule has 0 aromatic heterocycles. The lowest BCUT2D eigenvalue weighted by molar-refractivity contribution is 0.759. The maximum atomic E-state index is 6.04. The minimum absolute atomic E-state index is 0.0742. The third kappa shape index (κ3) is 2.90. The van der Waals surface area contributed by atoms with E-state index < -0.39 is 0 Å². The average Bonchev–Trinajstić information content (AvgIpc) is 2.29. The molecule has 92 valence electrons. The van der Waals surface area contributed by atoms with E-state index in [1.807, 2.05) is 6.92 Å². The number of anilines is 1. The summed E-state index contributed by atoms with van der Waals surface area (Å²) in [5, 5.41) is 0. The molecule has 17 heavy (non-hydrogen) atoms. The summed E-state index contributed by atoms with van der Waals surface area (Å²) < 4.78 is 1.11. The van der Waals surface area contributed by atoms with Gasteiger partial charge in [-0.05, 0) is 38.0 Å². The van der Waals surface area contributed by atoms with E-state index in [2.05, 4.69) is 52.0 Å². The summed E-state index contributed by atoms with van der Waals surface area (Å²) in [6.07, 6.45) is 3.44. The van der Waals surface area contributed by atoms with E-state index in [-0.39, 0.29) is 6.04 Å². The Balaban J connectivity index is 2.33. The minimum Gasteiger partial charge on any atom is -0.367 e. The van der Waals surface area contributed by atoms with Gasteiger partial charge in [-0.15, -0.1) is 0 Å². The van der Waals surface area contributed by atoms with Crippen LogP contribution in [0.25, 0.3) is 0 Å². The highest BCUT2D eigenvalue weighted by atomic mass is 79.9. The second kappa shape index (κ2) is 5.23. The molecule has 1 aliphatic rings. The normalized spacial score (nSPS) is 17.9. The fraction of sp³-hybridized carbons (Fsp3) is 0.429. The summed E-state index contributed by atoms with van der Waals surface area (Å²) in [5.41, 5.74) is 10.0. The third-order valence-corrected chi connectivity index (χ3v) is 3.75. The van der Waals surface area contributed by atoms with Gasteiger partial charge in [0.25, 0.3) is 0 Å². The first-order chi connectivity index (χ1) is 8.08. The maximum Gasteiger partial charge on any atom is 0.0428 e. The summed E-state index contributed by atoms with van der Waals surface area (Å²) in [7, 11) is 0. The van der Waals surface area contributed by atoms with Crippen LogP contribution < -0.4 is 10.6 Å². The molecular weight excluding hydrogens is 276 g/mol. The van der Waals surface area contributed by atoms with Crippen LogP contribution in [-0.4, -0.2) is 13.1 Å². The predicted molar refractivity (Wildman–Crippen MR) is 77.3 cm³/mol. The molecule has 0 amide bonds. The first-order valence-electron chi connectivity index (χ1n) is 6.03. The molecule has 0 bridgehead atoms. The van der Waals surface area contributed by atoms with E-state index in [9.17, 15) is 0 Å². The van der Waals surface area contributed by atoms with Gasteiger partial charge in [-0.1, -0.05) is 33.6 Å². The number of rotatable bonds is 2. The van der Waals surface area contributed by atoms with Gasteiger partial charge in [0.2, 0.25) is 0 Å². The van der Waals surface area contributed by atoms with Gasteiger partial charge in [-0.2, -0.15) is 0 Å². The van der Waals surface area contributed by atoms with Gasteiger partial charge in [-0.25, -0.2) is 0 Å². The Labute approximate surface area is 112 Å². The lowest BCUT2D eigenvalue weighted by atomic mass is 10.0. The standard InChI is InChI=1S/C14H19BrN2/c1-10-5-7-17(8-6-10)14-9-12(15)3-4-13(14)11(2)16/h3-5,9,11H,6-8,16H2,1-2H3. The molecule has 2 N–H and O–H groups in total. The first-order valence-corrected chi connectivity index (χ1v) is 6.83. The summed E-state index contributed by atoms with van der Waals surface area (Å²) in [5.74, 6) is 0. The van der Waals surface area contributed by atoms with Crippen molar-refractivity contribution in [3.8, 4) is 0 Å². The molecule has 1 aromatic rings. The fourth-order valence-corrected chi connectivity index (χ4v) is 2.51. The van der Waals surface area contributed by atoms with Crippen LogP contribution in [0.4, 0.5) is 5.69 Å². The van der Waals surface area contributed by atoms with Gasteiger partial charge in [0, 0.05) is 29.3 Å². The van der Waals surface area contributed by atoms with Crippen molar-refractivity contribution in [2.75, 3.05) is 18.0 Å². The Kier molecular flexibility index (Phi) is 3.89. The van der Waals surface area contributed by atoms with Crippen molar-refractivity contribution in [1.82, 2.24) is 0 Å². The van der Waals surface area contributed by atoms with Gasteiger partial charge >= 0.3 is 0 Å². The van der Waals surface area contributed by atoms with Crippen LogP contribution in [0.5, 0.6) is 0 Å². The zero-order valence-corrected chi connectivity index (χ0v) is 12.0. The average molecular weight is 295 g/mol. The monoisotopic (exact) mass is 294 g/mol. The lowest BCUT2D eigenvalue weighted by Gasteiger charge is -2.30. The highest BCUT2D eigenvalue weighted by Gasteiger charge is 2.15. The Hall–Kier alpha value is -0.800. The van der Waals surface area contributed by atoms with Crippen LogP contribution in [0, 0.1) is 0 Å². The predicted octanol–water partition coefficient (Wildman–Crippen LogP) is 3.63. The van der Waals surface area contributed by atoms with Crippen LogP contribution >= 0.6 is 15.9 Å². The molecule has 0 saturated heterocycles. The number of hydrogen-bond donors (Lipinski definition) is 1. The molecule has 0 saturated carbocycles. The molecule has 1 atom stereocenters. The number of benzene rings is 1. The zero-order valence-electron chi connectivity index (χ0n) is 10.4. The Bertz CT molecular complexity index is 438. The van der Waals surface area contributed by atoms with Crippen molar-refractivity contribution >= 4 is 21.6 Å². The van der Waals surface area contributed by atoms with Crippen molar-refractivity contribution in [1.29, 1.82) is 0 Å². The molecular formula is C14H19BrN2. The molecule has 3 heteroatoms. The Morgan fingerprint density at radius 1 is 1.41 bits per heavy atom. The number of hydrogen-bond acceptors (Lipinski definition) is 2. The van der Waals surface area contributed by atoms with Crippen molar-refractivity contribution in [3.05, 3.63) is 39.9 Å². The van der Waals surface area contributed by atoms with E-state index in [4.69, 9.17) is 5.73 Å². The van der Waals surface area contributed by atoms with Gasteiger partial charge in [0.15, 0.2) is 0 Å². The van der Waals surface area contributed by atoms with E-state index in [0.29, 0.717) is 0 Å². The molecule has 0 aliphatic carbocycles. The number of nitrogens with two attached hydrogens (primary N) is 1. The van der Waals surface area contributed by atoms with Crippen molar-refractivity contribution < 1.29 is 0 Å². The molecule has 1 aliphatic heterocycles. The van der Waals surface area contributed by atoms with Crippen LogP contribution in [0.2, 0.25) is 0 Å². The van der Waals surface area contributed by atoms with E-state index in [0.717, 1.165) is 24.0 Å². The highest BCUT2D eigenvalue weighted by Crippen LogP contribution is 2.30. The van der Waals surface area contributed by atoms with Crippen LogP contribution in [0.3, 0.4) is 0 Å². The van der Waals surface area contributed by atoms with Gasteiger partial charge < -0.3 is 10.6 Å².